The van der Waals surface area contributed by atoms with Gasteiger partial charge in [-0.2, -0.15) is 4.98 Å². The van der Waals surface area contributed by atoms with Gasteiger partial charge in [-0.3, -0.25) is 4.98 Å². The third kappa shape index (κ3) is 4.46. The molecule has 0 bridgehead atoms. The lowest BCUT2D eigenvalue weighted by Crippen LogP contribution is -2.51. The van der Waals surface area contributed by atoms with Crippen LogP contribution in [0, 0.1) is 0 Å². The molecule has 188 valence electrons. The molecule has 0 unspecified atom stereocenters. The SMILES string of the molecule is CC(C)n1cc2c(NCc3cnc4ccccc4c3)nc(N3CCN(C(=O)N(C)C)CC3)nc2c1O. The van der Waals surface area contributed by atoms with Gasteiger partial charge in [0.1, 0.15) is 11.3 Å². The average molecular weight is 489 g/mol. The summed E-state index contributed by atoms with van der Waals surface area (Å²) >= 11 is 0. The van der Waals surface area contributed by atoms with E-state index in [0.717, 1.165) is 21.9 Å². The predicted molar refractivity (Wildman–Crippen MR) is 142 cm³/mol. The smallest absolute Gasteiger partial charge is 0.319 e. The van der Waals surface area contributed by atoms with Crippen molar-refractivity contribution in [3.8, 4) is 5.88 Å². The Morgan fingerprint density at radius 2 is 1.89 bits per heavy atom. The summed E-state index contributed by atoms with van der Waals surface area (Å²) < 4.78 is 1.81. The van der Waals surface area contributed by atoms with Gasteiger partial charge in [0.15, 0.2) is 0 Å². The molecule has 1 aliphatic heterocycles. The summed E-state index contributed by atoms with van der Waals surface area (Å²) in [7, 11) is 3.52. The number of pyridine rings is 1. The number of para-hydroxylation sites is 1. The van der Waals surface area contributed by atoms with Gasteiger partial charge in [-0.15, -0.1) is 0 Å². The number of hydrogen-bond acceptors (Lipinski definition) is 7. The fraction of sp³-hybridized carbons (Fsp3) is 0.385. The van der Waals surface area contributed by atoms with Crippen molar-refractivity contribution in [2.75, 3.05) is 50.5 Å². The summed E-state index contributed by atoms with van der Waals surface area (Å²) in [5.74, 6) is 1.32. The van der Waals surface area contributed by atoms with Crippen molar-refractivity contribution in [1.82, 2.24) is 29.3 Å². The number of amides is 2. The topological polar surface area (TPSA) is 103 Å². The first-order valence-electron chi connectivity index (χ1n) is 12.2. The molecular formula is C26H32N8O2. The van der Waals surface area contributed by atoms with Gasteiger partial charge in [0.2, 0.25) is 11.8 Å². The van der Waals surface area contributed by atoms with Gasteiger partial charge in [0.05, 0.1) is 10.9 Å². The molecule has 0 atom stereocenters. The van der Waals surface area contributed by atoms with Crippen molar-refractivity contribution in [2.24, 2.45) is 0 Å². The van der Waals surface area contributed by atoms with E-state index < -0.39 is 0 Å². The summed E-state index contributed by atoms with van der Waals surface area (Å²) in [6, 6.07) is 10.2. The second-order valence-electron chi connectivity index (χ2n) is 9.63. The molecule has 1 fully saturated rings. The number of nitrogens with zero attached hydrogens (tertiary/aromatic N) is 7. The van der Waals surface area contributed by atoms with E-state index in [2.05, 4.69) is 21.3 Å². The Morgan fingerprint density at radius 1 is 1.14 bits per heavy atom. The normalized spacial score (nSPS) is 14.1. The third-order valence-electron chi connectivity index (χ3n) is 6.54. The van der Waals surface area contributed by atoms with Crippen molar-refractivity contribution in [2.45, 2.75) is 26.4 Å². The molecule has 4 aromatic rings. The first kappa shape index (κ1) is 23.7. The van der Waals surface area contributed by atoms with Crippen LogP contribution in [0.15, 0.2) is 42.7 Å². The maximum Gasteiger partial charge on any atom is 0.319 e. The first-order valence-corrected chi connectivity index (χ1v) is 12.2. The number of rotatable bonds is 5. The second kappa shape index (κ2) is 9.52. The highest BCUT2D eigenvalue weighted by Gasteiger charge is 2.26. The standard InChI is InChI=1S/C26H32N8O2/c1-17(2)34-16-20-22(24(34)35)29-25(32-9-11-33(12-10-32)26(36)31(3)4)30-23(20)28-15-18-13-19-7-5-6-8-21(19)27-14-18/h5-8,13-14,16-17,35H,9-12,15H2,1-4H3,(H,28,29,30). The first-order chi connectivity index (χ1) is 17.3. The lowest BCUT2D eigenvalue weighted by atomic mass is 10.1. The van der Waals surface area contributed by atoms with Gasteiger partial charge in [-0.1, -0.05) is 18.2 Å². The molecule has 1 aliphatic rings. The summed E-state index contributed by atoms with van der Waals surface area (Å²) in [6.07, 6.45) is 3.76. The molecule has 36 heavy (non-hydrogen) atoms. The number of carbonyl (C=O) groups excluding carboxylic acids is 1. The molecule has 1 saturated heterocycles. The van der Waals surface area contributed by atoms with E-state index in [1.54, 1.807) is 23.6 Å². The van der Waals surface area contributed by atoms with Crippen LogP contribution in [-0.2, 0) is 6.54 Å². The number of carbonyl (C=O) groups is 1. The van der Waals surface area contributed by atoms with Crippen LogP contribution in [0.5, 0.6) is 5.88 Å². The van der Waals surface area contributed by atoms with E-state index in [1.165, 1.54) is 0 Å². The Hall–Kier alpha value is -4.08. The third-order valence-corrected chi connectivity index (χ3v) is 6.54. The minimum atomic E-state index is 0.00373. The minimum absolute atomic E-state index is 0.00373. The molecule has 4 heterocycles. The molecular weight excluding hydrogens is 456 g/mol. The van der Waals surface area contributed by atoms with Gasteiger partial charge in [0.25, 0.3) is 0 Å². The Morgan fingerprint density at radius 3 is 2.61 bits per heavy atom. The van der Waals surface area contributed by atoms with Crippen LogP contribution in [0.1, 0.15) is 25.5 Å². The van der Waals surface area contributed by atoms with Crippen molar-refractivity contribution in [1.29, 1.82) is 0 Å². The Kier molecular flexibility index (Phi) is 6.26. The predicted octanol–water partition coefficient (Wildman–Crippen LogP) is 3.68. The van der Waals surface area contributed by atoms with Crippen LogP contribution in [0.25, 0.3) is 21.8 Å². The van der Waals surface area contributed by atoms with Crippen molar-refractivity contribution in [3.63, 3.8) is 0 Å². The van der Waals surface area contributed by atoms with E-state index in [1.807, 2.05) is 55.4 Å². The van der Waals surface area contributed by atoms with E-state index in [0.29, 0.717) is 50.0 Å². The van der Waals surface area contributed by atoms with Gasteiger partial charge >= 0.3 is 6.03 Å². The average Bonchev–Trinajstić information content (AvgIpc) is 3.23. The summed E-state index contributed by atoms with van der Waals surface area (Å²) in [4.78, 5) is 32.0. The van der Waals surface area contributed by atoms with E-state index in [-0.39, 0.29) is 18.0 Å². The largest absolute Gasteiger partial charge is 0.493 e. The number of urea groups is 1. The van der Waals surface area contributed by atoms with Crippen LogP contribution < -0.4 is 10.2 Å². The maximum absolute atomic E-state index is 12.3. The second-order valence-corrected chi connectivity index (χ2v) is 9.63. The van der Waals surface area contributed by atoms with Gasteiger partial charge in [-0.25, -0.2) is 9.78 Å². The zero-order valence-electron chi connectivity index (χ0n) is 21.1. The lowest BCUT2D eigenvalue weighted by Gasteiger charge is -2.36. The molecule has 2 amide bonds. The molecule has 0 saturated carbocycles. The van der Waals surface area contributed by atoms with Gasteiger partial charge < -0.3 is 29.7 Å². The van der Waals surface area contributed by atoms with Crippen LogP contribution >= 0.6 is 0 Å². The van der Waals surface area contributed by atoms with E-state index >= 15 is 0 Å². The van der Waals surface area contributed by atoms with Crippen molar-refractivity contribution >= 4 is 39.6 Å². The highest BCUT2D eigenvalue weighted by molar-refractivity contribution is 5.94. The number of aromatic hydroxyl groups is 1. The van der Waals surface area contributed by atoms with Crippen LogP contribution in [-0.4, -0.2) is 80.7 Å². The number of nitrogens with one attached hydrogen (secondary N) is 1. The molecule has 0 spiro atoms. The number of hydrogen-bond donors (Lipinski definition) is 2. The molecule has 2 N–H and O–H groups in total. The van der Waals surface area contributed by atoms with E-state index in [4.69, 9.17) is 9.97 Å². The Bertz CT molecular complexity index is 1410. The molecule has 3 aromatic heterocycles. The van der Waals surface area contributed by atoms with Crippen LogP contribution in [0.2, 0.25) is 0 Å². The lowest BCUT2D eigenvalue weighted by molar-refractivity contribution is 0.167. The number of anilines is 2. The van der Waals surface area contributed by atoms with Crippen LogP contribution in [0.4, 0.5) is 16.6 Å². The fourth-order valence-electron chi connectivity index (χ4n) is 4.52. The maximum atomic E-state index is 12.3. The Labute approximate surface area is 210 Å². The van der Waals surface area contributed by atoms with Crippen molar-refractivity contribution < 1.29 is 9.90 Å². The molecule has 5 rings (SSSR count). The zero-order valence-corrected chi connectivity index (χ0v) is 21.1. The zero-order chi connectivity index (χ0) is 25.4. The molecule has 0 radical (unpaired) electrons. The number of aromatic nitrogens is 4. The monoisotopic (exact) mass is 488 g/mol. The molecule has 1 aromatic carbocycles. The summed E-state index contributed by atoms with van der Waals surface area (Å²) in [5.41, 5.74) is 2.50. The molecule has 10 heteroatoms. The van der Waals surface area contributed by atoms with Crippen molar-refractivity contribution in [3.05, 3.63) is 48.3 Å². The van der Waals surface area contributed by atoms with Crippen LogP contribution in [0.3, 0.4) is 0 Å². The quantitative estimate of drug-likeness (QED) is 0.442. The highest BCUT2D eigenvalue weighted by atomic mass is 16.3. The van der Waals surface area contributed by atoms with Gasteiger partial charge in [-0.05, 0) is 31.5 Å². The molecule has 0 aliphatic carbocycles. The summed E-state index contributed by atoms with van der Waals surface area (Å²) in [6.45, 7) is 6.97. The Balaban J connectivity index is 1.45. The van der Waals surface area contributed by atoms with E-state index in [9.17, 15) is 9.90 Å². The highest BCUT2D eigenvalue weighted by Crippen LogP contribution is 2.34. The number of benzene rings is 1. The number of fused-ring (bicyclic) bond motifs is 2. The summed E-state index contributed by atoms with van der Waals surface area (Å²) in [5, 5.41) is 16.2. The minimum Gasteiger partial charge on any atom is -0.493 e. The number of piperazine rings is 1. The fourth-order valence-corrected chi connectivity index (χ4v) is 4.52. The van der Waals surface area contributed by atoms with Gasteiger partial charge in [0, 0.05) is 70.6 Å². The molecule has 10 nitrogen and oxygen atoms in total.